The molecule has 0 spiro atoms. The van der Waals surface area contributed by atoms with E-state index in [4.69, 9.17) is 4.74 Å². The van der Waals surface area contributed by atoms with Gasteiger partial charge in [-0.25, -0.2) is 8.42 Å². The van der Waals surface area contributed by atoms with E-state index in [1.165, 1.54) is 4.31 Å². The molecule has 0 radical (unpaired) electrons. The Hall–Kier alpha value is -3.19. The lowest BCUT2D eigenvalue weighted by atomic mass is 10.2. The van der Waals surface area contributed by atoms with E-state index < -0.39 is 10.0 Å². The van der Waals surface area contributed by atoms with E-state index in [1.54, 1.807) is 48.0 Å². The maximum atomic E-state index is 13.2. The molecule has 12 heteroatoms. The van der Waals surface area contributed by atoms with Gasteiger partial charge < -0.3 is 9.64 Å². The Kier molecular flexibility index (Phi) is 9.67. The largest absolute Gasteiger partial charge is 0.497 e. The van der Waals surface area contributed by atoms with Crippen LogP contribution >= 0.6 is 27.7 Å². The van der Waals surface area contributed by atoms with Crippen molar-refractivity contribution in [3.8, 4) is 22.8 Å². The molecule has 0 N–H and O–H groups in total. The molecular formula is C30H32BrN5O4S2. The fourth-order valence-electron chi connectivity index (χ4n) is 4.93. The van der Waals surface area contributed by atoms with Crippen molar-refractivity contribution in [2.24, 2.45) is 0 Å². The Labute approximate surface area is 259 Å². The molecular weight excluding hydrogens is 638 g/mol. The highest BCUT2D eigenvalue weighted by atomic mass is 79.9. The fraction of sp³-hybridized carbons (Fsp3) is 0.300. The van der Waals surface area contributed by atoms with Crippen LogP contribution < -0.4 is 4.74 Å². The summed E-state index contributed by atoms with van der Waals surface area (Å²) < 4.78 is 36.1. The van der Waals surface area contributed by atoms with Crippen molar-refractivity contribution >= 4 is 43.6 Å². The van der Waals surface area contributed by atoms with Gasteiger partial charge in [-0.05, 0) is 61.9 Å². The van der Waals surface area contributed by atoms with Crippen LogP contribution in [0.3, 0.4) is 0 Å². The van der Waals surface area contributed by atoms with Crippen LogP contribution in [0.15, 0.2) is 93.4 Å². The highest BCUT2D eigenvalue weighted by molar-refractivity contribution is 9.10. The Morgan fingerprint density at radius 2 is 1.79 bits per heavy atom. The third-order valence-corrected chi connectivity index (χ3v) is 10.7. The highest BCUT2D eigenvalue weighted by Gasteiger charge is 2.35. The number of hydrogen-bond donors (Lipinski definition) is 0. The van der Waals surface area contributed by atoms with Crippen LogP contribution in [0.5, 0.6) is 5.75 Å². The van der Waals surface area contributed by atoms with Gasteiger partial charge in [0.05, 0.1) is 12.0 Å². The summed E-state index contributed by atoms with van der Waals surface area (Å²) in [6.45, 7) is 2.86. The number of rotatable bonds is 10. The van der Waals surface area contributed by atoms with E-state index in [0.29, 0.717) is 37.5 Å². The minimum absolute atomic E-state index is 0.0322. The molecule has 1 atom stereocenters. The SMILES string of the molecule is COc1cccc(-c2nnc(SCCCC(=O)N3CCN(S(=O)(=O)c4ccc(Br)cc4)C(C)C3)n2-c2ccccc2)c1. The Morgan fingerprint density at radius 3 is 2.50 bits per heavy atom. The Bertz CT molecular complexity index is 1630. The number of carbonyl (C=O) groups is 1. The van der Waals surface area contributed by atoms with Gasteiger partial charge in [-0.1, -0.05) is 58.0 Å². The first-order valence-corrected chi connectivity index (χ1v) is 16.8. The molecule has 42 heavy (non-hydrogen) atoms. The number of aromatic nitrogens is 3. The monoisotopic (exact) mass is 669 g/mol. The van der Waals surface area contributed by atoms with Crippen LogP contribution in [-0.2, 0) is 14.8 Å². The van der Waals surface area contributed by atoms with Gasteiger partial charge in [0.15, 0.2) is 11.0 Å². The topological polar surface area (TPSA) is 97.6 Å². The van der Waals surface area contributed by atoms with Crippen LogP contribution in [0.1, 0.15) is 19.8 Å². The van der Waals surface area contributed by atoms with E-state index in [-0.39, 0.29) is 23.4 Å². The Balaban J connectivity index is 1.19. The molecule has 0 bridgehead atoms. The molecule has 1 saturated heterocycles. The molecule has 220 valence electrons. The number of nitrogens with zero attached hydrogens (tertiary/aromatic N) is 5. The third-order valence-electron chi connectivity index (χ3n) is 7.08. The van der Waals surface area contributed by atoms with E-state index in [0.717, 1.165) is 26.6 Å². The van der Waals surface area contributed by atoms with E-state index in [1.807, 2.05) is 66.1 Å². The van der Waals surface area contributed by atoms with Crippen molar-refractivity contribution < 1.29 is 17.9 Å². The molecule has 1 amide bonds. The summed E-state index contributed by atoms with van der Waals surface area (Å²) in [4.78, 5) is 15.1. The Morgan fingerprint density at radius 1 is 1.02 bits per heavy atom. The van der Waals surface area contributed by atoms with Crippen LogP contribution in [0.2, 0.25) is 0 Å². The number of piperazine rings is 1. The second-order valence-corrected chi connectivity index (χ2v) is 13.8. The van der Waals surface area contributed by atoms with Gasteiger partial charge in [0.25, 0.3) is 0 Å². The zero-order valence-electron chi connectivity index (χ0n) is 23.4. The number of sulfonamides is 1. The molecule has 1 aliphatic rings. The molecule has 1 aliphatic heterocycles. The average Bonchev–Trinajstić information content (AvgIpc) is 3.43. The minimum atomic E-state index is -3.63. The van der Waals surface area contributed by atoms with Crippen molar-refractivity contribution in [3.63, 3.8) is 0 Å². The standard InChI is InChI=1S/C30H32BrN5O4S2/c1-22-21-34(17-18-35(22)42(38,39)27-15-13-24(31)14-16-27)28(37)12-7-19-41-30-33-32-29(23-8-6-11-26(20-23)40-2)36(30)25-9-4-3-5-10-25/h3-6,8-11,13-16,20,22H,7,12,17-19,21H2,1-2H3. The van der Waals surface area contributed by atoms with E-state index >= 15 is 0 Å². The summed E-state index contributed by atoms with van der Waals surface area (Å²) in [6, 6.07) is 24.0. The molecule has 0 saturated carbocycles. The normalized spacial score (nSPS) is 16.0. The number of halogens is 1. The lowest BCUT2D eigenvalue weighted by molar-refractivity contribution is -0.133. The second-order valence-electron chi connectivity index (χ2n) is 9.92. The first kappa shape index (κ1) is 30.3. The summed E-state index contributed by atoms with van der Waals surface area (Å²) >= 11 is 4.90. The number of thioether (sulfide) groups is 1. The lowest BCUT2D eigenvalue weighted by Crippen LogP contribution is -2.55. The summed E-state index contributed by atoms with van der Waals surface area (Å²) in [5.74, 6) is 2.17. The summed E-state index contributed by atoms with van der Waals surface area (Å²) in [6.07, 6.45) is 1.03. The molecule has 5 rings (SSSR count). The quantitative estimate of drug-likeness (QED) is 0.162. The molecule has 1 fully saturated rings. The maximum Gasteiger partial charge on any atom is 0.243 e. The summed E-state index contributed by atoms with van der Waals surface area (Å²) in [7, 11) is -1.99. The van der Waals surface area contributed by atoms with Crippen molar-refractivity contribution in [2.45, 2.75) is 35.9 Å². The number of benzene rings is 3. The molecule has 4 aromatic rings. The van der Waals surface area contributed by atoms with Crippen LogP contribution in [0, 0.1) is 0 Å². The number of ether oxygens (including phenoxy) is 1. The van der Waals surface area contributed by atoms with Crippen LogP contribution in [0.25, 0.3) is 17.1 Å². The maximum absolute atomic E-state index is 13.2. The predicted octanol–water partition coefficient (Wildman–Crippen LogP) is 5.50. The van der Waals surface area contributed by atoms with Crippen molar-refractivity contribution in [3.05, 3.63) is 83.3 Å². The molecule has 2 heterocycles. The van der Waals surface area contributed by atoms with Gasteiger partial charge in [-0.3, -0.25) is 9.36 Å². The van der Waals surface area contributed by atoms with Crippen molar-refractivity contribution in [1.82, 2.24) is 24.0 Å². The van der Waals surface area contributed by atoms with Crippen molar-refractivity contribution in [1.29, 1.82) is 0 Å². The third kappa shape index (κ3) is 6.72. The number of methoxy groups -OCH3 is 1. The van der Waals surface area contributed by atoms with Gasteiger partial charge >= 0.3 is 0 Å². The number of carbonyl (C=O) groups excluding carboxylic acids is 1. The molecule has 1 unspecified atom stereocenters. The predicted molar refractivity (Wildman–Crippen MR) is 167 cm³/mol. The first-order valence-electron chi connectivity index (χ1n) is 13.6. The molecule has 9 nitrogen and oxygen atoms in total. The lowest BCUT2D eigenvalue weighted by Gasteiger charge is -2.39. The van der Waals surface area contributed by atoms with Gasteiger partial charge in [0.1, 0.15) is 5.75 Å². The van der Waals surface area contributed by atoms with Gasteiger partial charge in [-0.2, -0.15) is 4.31 Å². The fourth-order valence-corrected chi connectivity index (χ4v) is 7.70. The number of para-hydroxylation sites is 1. The molecule has 1 aromatic heterocycles. The van der Waals surface area contributed by atoms with E-state index in [2.05, 4.69) is 26.1 Å². The number of amides is 1. The van der Waals surface area contributed by atoms with Crippen LogP contribution in [-0.4, -0.2) is 76.8 Å². The smallest absolute Gasteiger partial charge is 0.243 e. The zero-order valence-corrected chi connectivity index (χ0v) is 26.6. The molecule has 3 aromatic carbocycles. The minimum Gasteiger partial charge on any atom is -0.497 e. The van der Waals surface area contributed by atoms with Gasteiger partial charge in [-0.15, -0.1) is 10.2 Å². The van der Waals surface area contributed by atoms with Crippen LogP contribution in [0.4, 0.5) is 0 Å². The van der Waals surface area contributed by atoms with Crippen molar-refractivity contribution in [2.75, 3.05) is 32.5 Å². The average molecular weight is 671 g/mol. The highest BCUT2D eigenvalue weighted by Crippen LogP contribution is 2.30. The van der Waals surface area contributed by atoms with E-state index in [9.17, 15) is 13.2 Å². The number of hydrogen-bond acceptors (Lipinski definition) is 7. The first-order chi connectivity index (χ1) is 20.3. The molecule has 0 aliphatic carbocycles. The van der Waals surface area contributed by atoms with Gasteiger partial charge in [0, 0.05) is 53.6 Å². The van der Waals surface area contributed by atoms with Gasteiger partial charge in [0.2, 0.25) is 15.9 Å². The summed E-state index contributed by atoms with van der Waals surface area (Å²) in [5.41, 5.74) is 1.84. The zero-order chi connectivity index (χ0) is 29.7. The second kappa shape index (κ2) is 13.4. The summed E-state index contributed by atoms with van der Waals surface area (Å²) in [5, 5.41) is 9.71.